The molecule has 5 rings (SSSR count). The molecule has 0 aliphatic heterocycles. The van der Waals surface area contributed by atoms with Gasteiger partial charge < -0.3 is 9.47 Å². The van der Waals surface area contributed by atoms with Gasteiger partial charge in [-0.25, -0.2) is 13.1 Å². The Labute approximate surface area is 262 Å². The van der Waals surface area contributed by atoms with Gasteiger partial charge in [0, 0.05) is 12.8 Å². The van der Waals surface area contributed by atoms with Crippen LogP contribution in [-0.4, -0.2) is 20.9 Å². The van der Waals surface area contributed by atoms with E-state index in [4.69, 9.17) is 20.0 Å². The second-order valence-corrected chi connectivity index (χ2v) is 12.0. The van der Waals surface area contributed by atoms with Gasteiger partial charge in [-0.1, -0.05) is 66.7 Å². The van der Waals surface area contributed by atoms with Crippen molar-refractivity contribution in [3.8, 4) is 23.6 Å². The molecule has 1 amide bonds. The zero-order valence-corrected chi connectivity index (χ0v) is 25.1. The molecule has 0 spiro atoms. The molecule has 0 atom stereocenters. The number of benzene rings is 5. The summed E-state index contributed by atoms with van der Waals surface area (Å²) in [6, 6.07) is 36.4. The van der Waals surface area contributed by atoms with Crippen LogP contribution in [0.15, 0.2) is 114 Å². The van der Waals surface area contributed by atoms with Gasteiger partial charge in [0.1, 0.15) is 18.1 Å². The van der Waals surface area contributed by atoms with Gasteiger partial charge in [-0.15, -0.1) is 0 Å². The largest absolute Gasteiger partial charge is 0.493 e. The van der Waals surface area contributed by atoms with Crippen LogP contribution in [0.25, 0.3) is 10.8 Å². The van der Waals surface area contributed by atoms with Crippen molar-refractivity contribution in [3.63, 3.8) is 0 Å². The third-order valence-electron chi connectivity index (χ3n) is 7.11. The number of nitrogens with zero attached hydrogens (tertiary/aromatic N) is 2. The van der Waals surface area contributed by atoms with E-state index in [0.717, 1.165) is 27.5 Å². The van der Waals surface area contributed by atoms with Crippen LogP contribution in [0.3, 0.4) is 0 Å². The predicted octanol–water partition coefficient (Wildman–Crippen LogP) is 6.22. The number of amides is 1. The maximum Gasteiger partial charge on any atom is 0.264 e. The van der Waals surface area contributed by atoms with Crippen molar-refractivity contribution < 1.29 is 22.7 Å². The van der Waals surface area contributed by atoms with Gasteiger partial charge in [-0.3, -0.25) is 4.79 Å². The highest BCUT2D eigenvalue weighted by atomic mass is 32.2. The van der Waals surface area contributed by atoms with E-state index in [1.54, 1.807) is 24.3 Å². The Bertz CT molecular complexity index is 2040. The number of hydrogen-bond acceptors (Lipinski definition) is 7. The van der Waals surface area contributed by atoms with Crippen LogP contribution in [0.4, 0.5) is 0 Å². The number of aryl methyl sites for hydroxylation is 1. The summed E-state index contributed by atoms with van der Waals surface area (Å²) in [6.07, 6.45) is 0.789. The van der Waals surface area contributed by atoms with Gasteiger partial charge in [-0.2, -0.15) is 10.5 Å². The first-order valence-corrected chi connectivity index (χ1v) is 15.7. The van der Waals surface area contributed by atoms with Crippen molar-refractivity contribution in [1.29, 1.82) is 10.5 Å². The zero-order valence-electron chi connectivity index (χ0n) is 24.3. The number of nitriles is 2. The van der Waals surface area contributed by atoms with Crippen molar-refractivity contribution in [2.75, 3.05) is 6.61 Å². The van der Waals surface area contributed by atoms with Gasteiger partial charge >= 0.3 is 0 Å². The van der Waals surface area contributed by atoms with Gasteiger partial charge in [0.05, 0.1) is 34.8 Å². The molecule has 0 fully saturated rings. The Morgan fingerprint density at radius 3 is 2.24 bits per heavy atom. The number of fused-ring (bicyclic) bond motifs is 1. The fourth-order valence-corrected chi connectivity index (χ4v) is 5.83. The van der Waals surface area contributed by atoms with E-state index in [9.17, 15) is 13.2 Å². The summed E-state index contributed by atoms with van der Waals surface area (Å²) in [4.78, 5) is 12.6. The Morgan fingerprint density at radius 2 is 1.44 bits per heavy atom. The lowest BCUT2D eigenvalue weighted by molar-refractivity contribution is -0.119. The summed E-state index contributed by atoms with van der Waals surface area (Å²) >= 11 is 0. The molecule has 0 aromatic heterocycles. The highest BCUT2D eigenvalue weighted by Gasteiger charge is 2.19. The molecule has 0 saturated heterocycles. The van der Waals surface area contributed by atoms with E-state index >= 15 is 0 Å². The summed E-state index contributed by atoms with van der Waals surface area (Å²) in [5.41, 5.74) is 3.36. The Morgan fingerprint density at radius 1 is 0.711 bits per heavy atom. The average molecular weight is 616 g/mol. The molecule has 8 nitrogen and oxygen atoms in total. The highest BCUT2D eigenvalue weighted by Crippen LogP contribution is 2.25. The summed E-state index contributed by atoms with van der Waals surface area (Å²) in [6.45, 7) is 0.617. The molecular weight excluding hydrogens is 586 g/mol. The van der Waals surface area contributed by atoms with Gasteiger partial charge in [0.15, 0.2) is 0 Å². The second kappa shape index (κ2) is 14.2. The van der Waals surface area contributed by atoms with Crippen LogP contribution in [-0.2, 0) is 34.3 Å². The molecule has 0 saturated carbocycles. The fraction of sp³-hybridized carbons (Fsp3) is 0.139. The number of nitrogens with one attached hydrogen (secondary N) is 1. The maximum absolute atomic E-state index is 12.7. The second-order valence-electron chi connectivity index (χ2n) is 10.3. The highest BCUT2D eigenvalue weighted by molar-refractivity contribution is 7.90. The Kier molecular flexibility index (Phi) is 9.74. The third-order valence-corrected chi connectivity index (χ3v) is 8.48. The third kappa shape index (κ3) is 8.26. The molecule has 5 aromatic carbocycles. The minimum Gasteiger partial charge on any atom is -0.493 e. The van der Waals surface area contributed by atoms with Crippen LogP contribution in [0, 0.1) is 22.7 Å². The number of carbonyl (C=O) groups is 1. The quantitative estimate of drug-likeness (QED) is 0.176. The number of ether oxygens (including phenoxy) is 2. The Balaban J connectivity index is 1.28. The van der Waals surface area contributed by atoms with Gasteiger partial charge in [0.25, 0.3) is 10.0 Å². The first-order valence-electron chi connectivity index (χ1n) is 14.2. The van der Waals surface area contributed by atoms with Crippen LogP contribution in [0.1, 0.15) is 34.2 Å². The molecule has 1 N–H and O–H groups in total. The topological polar surface area (TPSA) is 129 Å². The van der Waals surface area contributed by atoms with E-state index in [-0.39, 0.29) is 29.9 Å². The maximum atomic E-state index is 12.7. The summed E-state index contributed by atoms with van der Waals surface area (Å²) in [5.74, 6) is 0.458. The Hall–Kier alpha value is -5.64. The van der Waals surface area contributed by atoms with E-state index in [1.807, 2.05) is 36.4 Å². The van der Waals surface area contributed by atoms with E-state index < -0.39 is 15.9 Å². The fourth-order valence-electron chi connectivity index (χ4n) is 4.77. The lowest BCUT2D eigenvalue weighted by Crippen LogP contribution is -2.30. The number of hydrogen-bond donors (Lipinski definition) is 1. The molecular formula is C36H29N3O5S. The molecule has 0 aliphatic rings. The minimum absolute atomic E-state index is 0.102. The van der Waals surface area contributed by atoms with Crippen LogP contribution >= 0.6 is 0 Å². The van der Waals surface area contributed by atoms with E-state index in [1.165, 1.54) is 24.3 Å². The molecule has 0 radical (unpaired) electrons. The number of rotatable bonds is 12. The van der Waals surface area contributed by atoms with Crippen LogP contribution < -0.4 is 14.2 Å². The molecule has 0 aliphatic carbocycles. The normalized spacial score (nSPS) is 10.9. The average Bonchev–Trinajstić information content (AvgIpc) is 3.06. The SMILES string of the molecule is N#Cc1cccc(OCc2ccc(CCC(=O)NS(=O)(=O)c3cccc(C#N)c3)c(OCCc3ccc4ccccc4c3)c2)c1. The molecule has 224 valence electrons. The van der Waals surface area contributed by atoms with Crippen molar-refractivity contribution in [2.24, 2.45) is 0 Å². The zero-order chi connectivity index (χ0) is 31.6. The van der Waals surface area contributed by atoms with Crippen LogP contribution in [0.2, 0.25) is 0 Å². The minimum atomic E-state index is -4.13. The summed E-state index contributed by atoms with van der Waals surface area (Å²) in [7, 11) is -4.13. The van der Waals surface area contributed by atoms with Crippen molar-refractivity contribution in [3.05, 3.63) is 137 Å². The van der Waals surface area contributed by atoms with Gasteiger partial charge in [-0.05, 0) is 76.3 Å². The van der Waals surface area contributed by atoms with Crippen molar-refractivity contribution in [1.82, 2.24) is 4.72 Å². The predicted molar refractivity (Wildman–Crippen MR) is 170 cm³/mol. The van der Waals surface area contributed by atoms with Gasteiger partial charge in [0.2, 0.25) is 5.91 Å². The first kappa shape index (κ1) is 30.8. The smallest absolute Gasteiger partial charge is 0.264 e. The molecule has 5 aromatic rings. The van der Waals surface area contributed by atoms with Crippen molar-refractivity contribution >= 4 is 26.7 Å². The van der Waals surface area contributed by atoms with E-state index in [0.29, 0.717) is 30.1 Å². The van der Waals surface area contributed by atoms with E-state index in [2.05, 4.69) is 41.1 Å². The lowest BCUT2D eigenvalue weighted by atomic mass is 10.0. The number of sulfonamides is 1. The first-order chi connectivity index (χ1) is 21.8. The van der Waals surface area contributed by atoms with Crippen molar-refractivity contribution in [2.45, 2.75) is 30.8 Å². The molecule has 0 unspecified atom stereocenters. The molecule has 45 heavy (non-hydrogen) atoms. The standard InChI is InChI=1S/C36H29N3O5S/c37-23-27-5-3-9-33(20-27)44-25-29-12-14-31(15-16-36(40)39-45(41,42)34-10-4-6-28(21-34)24-38)35(22-29)43-18-17-26-11-13-30-7-1-2-8-32(30)19-26/h1-14,19-22H,15-18,25H2,(H,39,40). The molecule has 0 bridgehead atoms. The molecule has 9 heteroatoms. The monoisotopic (exact) mass is 615 g/mol. The summed E-state index contributed by atoms with van der Waals surface area (Å²) < 4.78 is 39.7. The molecule has 0 heterocycles. The lowest BCUT2D eigenvalue weighted by Gasteiger charge is -2.15. The summed E-state index contributed by atoms with van der Waals surface area (Å²) in [5, 5.41) is 20.6. The number of carbonyl (C=O) groups excluding carboxylic acids is 1. The van der Waals surface area contributed by atoms with Crippen LogP contribution in [0.5, 0.6) is 11.5 Å².